The van der Waals surface area contributed by atoms with Crippen molar-refractivity contribution in [2.45, 2.75) is 6.54 Å². The van der Waals surface area contributed by atoms with Crippen LogP contribution in [-0.2, 0) is 6.54 Å². The zero-order valence-corrected chi connectivity index (χ0v) is 11.9. The van der Waals surface area contributed by atoms with Crippen LogP contribution in [0.15, 0.2) is 30.3 Å². The molecule has 0 aliphatic carbocycles. The Balaban J connectivity index is 1.90. The average molecular weight is 225 g/mol. The van der Waals surface area contributed by atoms with Crippen LogP contribution in [0.25, 0.3) is 0 Å². The lowest BCUT2D eigenvalue weighted by atomic mass is 10.2. The van der Waals surface area contributed by atoms with Gasteiger partial charge in [0.15, 0.2) is 29.5 Å². The fourth-order valence-corrected chi connectivity index (χ4v) is 11.3. The first kappa shape index (κ1) is 9.31. The van der Waals surface area contributed by atoms with E-state index in [0.29, 0.717) is 0 Å². The van der Waals surface area contributed by atoms with Crippen molar-refractivity contribution in [2.75, 3.05) is 0 Å². The first-order valence-corrected chi connectivity index (χ1v) is 8.72. The van der Waals surface area contributed by atoms with Crippen molar-refractivity contribution >= 4 is 29.5 Å². The molecule has 1 aromatic carbocycles. The van der Waals surface area contributed by atoms with Gasteiger partial charge in [0.25, 0.3) is 0 Å². The smallest absolute Gasteiger partial charge is 0.158 e. The molecule has 70 valence electrons. The maximum atomic E-state index is 3.58. The van der Waals surface area contributed by atoms with Crippen LogP contribution in [0, 0.1) is 0 Å². The third-order valence-corrected chi connectivity index (χ3v) is 8.64. The van der Waals surface area contributed by atoms with Crippen molar-refractivity contribution in [2.24, 2.45) is 0 Å². The summed E-state index contributed by atoms with van der Waals surface area (Å²) < 4.78 is 9.81. The SMILES string of the molecule is c1ccc(CN2[SiH2]N[SiH2]N[SiH2]2)cc1. The van der Waals surface area contributed by atoms with Gasteiger partial charge in [0.05, 0.1) is 0 Å². The van der Waals surface area contributed by atoms with Crippen LogP contribution in [0.4, 0.5) is 0 Å². The van der Waals surface area contributed by atoms with E-state index in [9.17, 15) is 0 Å². The quantitative estimate of drug-likeness (QED) is 0.554. The molecule has 0 bridgehead atoms. The summed E-state index contributed by atoms with van der Waals surface area (Å²) in [5, 5.41) is 0. The van der Waals surface area contributed by atoms with Crippen LogP contribution in [0.1, 0.15) is 5.56 Å². The van der Waals surface area contributed by atoms with Crippen molar-refractivity contribution in [3.8, 4) is 0 Å². The van der Waals surface area contributed by atoms with Crippen molar-refractivity contribution < 1.29 is 0 Å². The third-order valence-electron chi connectivity index (χ3n) is 2.17. The number of rotatable bonds is 2. The minimum atomic E-state index is -0.0771. The van der Waals surface area contributed by atoms with Gasteiger partial charge in [0, 0.05) is 6.54 Å². The summed E-state index contributed by atoms with van der Waals surface area (Å²) in [4.78, 5) is 0. The number of nitrogens with one attached hydrogen (secondary N) is 2. The van der Waals surface area contributed by atoms with Crippen LogP contribution < -0.4 is 9.30 Å². The van der Waals surface area contributed by atoms with Gasteiger partial charge in [0.1, 0.15) is 0 Å². The molecule has 1 aliphatic heterocycles. The molecule has 3 nitrogen and oxygen atoms in total. The van der Waals surface area contributed by atoms with Crippen LogP contribution in [0.3, 0.4) is 0 Å². The number of benzene rings is 1. The molecule has 6 heteroatoms. The van der Waals surface area contributed by atoms with E-state index in [0.717, 1.165) is 6.54 Å². The summed E-state index contributed by atoms with van der Waals surface area (Å²) in [6, 6.07) is 10.8. The molecule has 0 amide bonds. The highest BCUT2D eigenvalue weighted by atomic mass is 28.4. The van der Waals surface area contributed by atoms with Gasteiger partial charge in [-0.3, -0.25) is 0 Å². The Hall–Kier alpha value is -0.249. The molecular formula is C7H15N3Si3. The third kappa shape index (κ3) is 2.86. The fraction of sp³-hybridized carbons (Fsp3) is 0.143. The predicted octanol–water partition coefficient (Wildman–Crippen LogP) is -2.32. The summed E-state index contributed by atoms with van der Waals surface area (Å²) in [7, 11) is -0.185. The Labute approximate surface area is 85.9 Å². The van der Waals surface area contributed by atoms with Crippen molar-refractivity contribution in [1.29, 1.82) is 0 Å². The number of hydrogen-bond acceptors (Lipinski definition) is 3. The average Bonchev–Trinajstić information content (AvgIpc) is 2.21. The second kappa shape index (κ2) is 4.84. The molecule has 13 heavy (non-hydrogen) atoms. The lowest BCUT2D eigenvalue weighted by molar-refractivity contribution is 0.652. The topological polar surface area (TPSA) is 27.3 Å². The van der Waals surface area contributed by atoms with E-state index in [1.165, 1.54) is 5.56 Å². The lowest BCUT2D eigenvalue weighted by Crippen LogP contribution is -2.57. The van der Waals surface area contributed by atoms with Gasteiger partial charge in [-0.15, -0.1) is 0 Å². The first-order valence-electron chi connectivity index (χ1n) is 4.63. The molecular weight excluding hydrogens is 210 g/mol. The van der Waals surface area contributed by atoms with E-state index in [1.807, 2.05) is 0 Å². The molecule has 0 spiro atoms. The second-order valence-corrected chi connectivity index (χ2v) is 11.0. The molecule has 1 heterocycles. The molecule has 1 aliphatic rings. The molecule has 0 saturated carbocycles. The summed E-state index contributed by atoms with van der Waals surface area (Å²) in [6.45, 7) is 1.16. The monoisotopic (exact) mass is 225 g/mol. The van der Waals surface area contributed by atoms with E-state index in [-0.39, 0.29) is 29.5 Å². The summed E-state index contributed by atoms with van der Waals surface area (Å²) in [6.07, 6.45) is 0. The molecule has 2 rings (SSSR count). The highest BCUT2D eigenvalue weighted by Crippen LogP contribution is 2.01. The van der Waals surface area contributed by atoms with E-state index >= 15 is 0 Å². The van der Waals surface area contributed by atoms with Crippen molar-refractivity contribution in [1.82, 2.24) is 13.5 Å². The normalized spacial score (nSPS) is 24.3. The minimum Gasteiger partial charge on any atom is -0.346 e. The molecule has 1 fully saturated rings. The van der Waals surface area contributed by atoms with Crippen LogP contribution in [0.2, 0.25) is 0 Å². The Kier molecular flexibility index (Phi) is 3.47. The van der Waals surface area contributed by atoms with Gasteiger partial charge in [0.2, 0.25) is 0 Å². The minimum absolute atomic E-state index is 0.0307. The molecule has 2 N–H and O–H groups in total. The largest absolute Gasteiger partial charge is 0.346 e. The predicted molar refractivity (Wildman–Crippen MR) is 63.9 cm³/mol. The fourth-order valence-electron chi connectivity index (χ4n) is 1.53. The number of nitrogens with zero attached hydrogens (tertiary/aromatic N) is 1. The van der Waals surface area contributed by atoms with Gasteiger partial charge in [-0.05, 0) is 5.56 Å². The van der Waals surface area contributed by atoms with Gasteiger partial charge in [-0.25, -0.2) is 0 Å². The Morgan fingerprint density at radius 2 is 1.77 bits per heavy atom. The first-order chi connectivity index (χ1) is 6.45. The maximum Gasteiger partial charge on any atom is 0.158 e. The lowest BCUT2D eigenvalue weighted by Gasteiger charge is -2.27. The van der Waals surface area contributed by atoms with Crippen LogP contribution in [0.5, 0.6) is 0 Å². The summed E-state index contributed by atoms with van der Waals surface area (Å²) in [5.74, 6) is 0. The van der Waals surface area contributed by atoms with E-state index in [2.05, 4.69) is 43.9 Å². The van der Waals surface area contributed by atoms with E-state index in [4.69, 9.17) is 0 Å². The second-order valence-electron chi connectivity index (χ2n) is 3.31. The Morgan fingerprint density at radius 3 is 2.46 bits per heavy atom. The van der Waals surface area contributed by atoms with Gasteiger partial charge in [-0.1, -0.05) is 30.3 Å². The van der Waals surface area contributed by atoms with Crippen molar-refractivity contribution in [3.05, 3.63) is 35.9 Å². The molecule has 0 radical (unpaired) electrons. The summed E-state index contributed by atoms with van der Waals surface area (Å²) in [5.41, 5.74) is 1.45. The van der Waals surface area contributed by atoms with Gasteiger partial charge < -0.3 is 13.5 Å². The van der Waals surface area contributed by atoms with Crippen LogP contribution >= 0.6 is 0 Å². The highest BCUT2D eigenvalue weighted by Gasteiger charge is 2.09. The maximum absolute atomic E-state index is 3.58. The van der Waals surface area contributed by atoms with E-state index < -0.39 is 0 Å². The summed E-state index contributed by atoms with van der Waals surface area (Å²) >= 11 is 0. The Bertz CT molecular complexity index is 250. The molecule has 0 unspecified atom stereocenters. The molecule has 0 atom stereocenters. The van der Waals surface area contributed by atoms with Crippen molar-refractivity contribution in [3.63, 3.8) is 0 Å². The van der Waals surface area contributed by atoms with Gasteiger partial charge >= 0.3 is 0 Å². The molecule has 0 aromatic heterocycles. The Morgan fingerprint density at radius 1 is 1.08 bits per heavy atom. The van der Waals surface area contributed by atoms with Gasteiger partial charge in [-0.2, -0.15) is 0 Å². The van der Waals surface area contributed by atoms with E-state index in [1.54, 1.807) is 0 Å². The molecule has 1 aromatic rings. The van der Waals surface area contributed by atoms with Crippen LogP contribution in [-0.4, -0.2) is 33.8 Å². The highest BCUT2D eigenvalue weighted by molar-refractivity contribution is 6.65. The zero-order valence-electron chi connectivity index (χ0n) is 7.66. The standard InChI is InChI=1S/C7H15N3Si3/c1-2-4-7(5-3-1)6-10-12-8-11-9-13-10/h1-5,8-9H,6,11-13H2. The number of hydrogen-bond donors (Lipinski definition) is 2. The molecule has 1 saturated heterocycles. The zero-order chi connectivity index (χ0) is 8.93.